The molecule has 1 rings (SSSR count). The van der Waals surface area contributed by atoms with E-state index in [1.807, 2.05) is 26.2 Å². The molecule has 0 radical (unpaired) electrons. The Labute approximate surface area is 130 Å². The minimum Gasteiger partial charge on any atom is -0.394 e. The van der Waals surface area contributed by atoms with Gasteiger partial charge in [-0.15, -0.1) is 11.3 Å². The van der Waals surface area contributed by atoms with E-state index in [1.165, 1.54) is 16.2 Å². The largest absolute Gasteiger partial charge is 0.394 e. The monoisotopic (exact) mass is 312 g/mol. The number of hydrogen-bond donors (Lipinski definition) is 2. The van der Waals surface area contributed by atoms with Gasteiger partial charge in [0.1, 0.15) is 0 Å². The number of thiophene rings is 1. The summed E-state index contributed by atoms with van der Waals surface area (Å²) in [4.78, 5) is 26.0. The molecule has 1 aromatic rings. The highest BCUT2D eigenvalue weighted by Gasteiger charge is 2.21. The summed E-state index contributed by atoms with van der Waals surface area (Å²) in [6.45, 7) is 6.03. The minimum atomic E-state index is -0.289. The van der Waals surface area contributed by atoms with Gasteiger partial charge in [-0.2, -0.15) is 0 Å². The molecule has 0 spiro atoms. The van der Waals surface area contributed by atoms with Crippen LogP contribution in [0.2, 0.25) is 0 Å². The van der Waals surface area contributed by atoms with E-state index in [2.05, 4.69) is 5.32 Å². The van der Waals surface area contributed by atoms with Crippen molar-refractivity contribution in [2.75, 3.05) is 20.2 Å². The quantitative estimate of drug-likeness (QED) is 0.840. The maximum Gasteiger partial charge on any atom is 0.264 e. The molecule has 118 valence electrons. The van der Waals surface area contributed by atoms with Crippen molar-refractivity contribution in [3.05, 3.63) is 22.4 Å². The van der Waals surface area contributed by atoms with E-state index in [9.17, 15) is 14.7 Å². The highest BCUT2D eigenvalue weighted by atomic mass is 32.1. The van der Waals surface area contributed by atoms with Gasteiger partial charge >= 0.3 is 0 Å². The highest BCUT2D eigenvalue weighted by Crippen LogP contribution is 2.20. The number of rotatable bonds is 6. The van der Waals surface area contributed by atoms with Crippen molar-refractivity contribution in [3.8, 4) is 0 Å². The third-order valence-electron chi connectivity index (χ3n) is 2.90. The summed E-state index contributed by atoms with van der Waals surface area (Å²) >= 11 is 1.35. The van der Waals surface area contributed by atoms with Gasteiger partial charge in [-0.3, -0.25) is 9.59 Å². The summed E-state index contributed by atoms with van der Waals surface area (Å²) in [5, 5.41) is 13.9. The fraction of sp³-hybridized carbons (Fsp3) is 0.600. The second-order valence-electron chi connectivity index (χ2n) is 6.35. The van der Waals surface area contributed by atoms with Crippen molar-refractivity contribution in [1.29, 1.82) is 0 Å². The molecule has 0 aliphatic carbocycles. The van der Waals surface area contributed by atoms with Crippen molar-refractivity contribution >= 4 is 23.2 Å². The van der Waals surface area contributed by atoms with Gasteiger partial charge < -0.3 is 15.3 Å². The summed E-state index contributed by atoms with van der Waals surface area (Å²) in [7, 11) is 1.60. The molecule has 1 aromatic heterocycles. The Hall–Kier alpha value is -1.40. The van der Waals surface area contributed by atoms with Gasteiger partial charge in [0, 0.05) is 7.05 Å². The molecule has 1 unspecified atom stereocenters. The van der Waals surface area contributed by atoms with Gasteiger partial charge in [-0.05, 0) is 23.3 Å². The SMILES string of the molecule is CN(CC(=O)NC(CO)CC(C)(C)C)C(=O)c1cccs1. The molecule has 0 aromatic carbocycles. The maximum absolute atomic E-state index is 12.0. The van der Waals surface area contributed by atoms with Crippen LogP contribution in [-0.4, -0.2) is 48.1 Å². The molecular weight excluding hydrogens is 288 g/mol. The fourth-order valence-electron chi connectivity index (χ4n) is 2.05. The van der Waals surface area contributed by atoms with Gasteiger partial charge in [0.15, 0.2) is 0 Å². The van der Waals surface area contributed by atoms with Crippen LogP contribution in [0.1, 0.15) is 36.9 Å². The molecule has 6 heteroatoms. The third-order valence-corrected chi connectivity index (χ3v) is 3.76. The Morgan fingerprint density at radius 1 is 1.43 bits per heavy atom. The molecule has 0 fully saturated rings. The molecule has 2 amide bonds. The predicted molar refractivity (Wildman–Crippen MR) is 84.4 cm³/mol. The predicted octanol–water partition coefficient (Wildman–Crippen LogP) is 1.73. The van der Waals surface area contributed by atoms with E-state index < -0.39 is 0 Å². The second-order valence-corrected chi connectivity index (χ2v) is 7.30. The van der Waals surface area contributed by atoms with E-state index in [4.69, 9.17) is 0 Å². The Morgan fingerprint density at radius 3 is 2.57 bits per heavy atom. The zero-order valence-corrected chi connectivity index (χ0v) is 13.9. The summed E-state index contributed by atoms with van der Waals surface area (Å²) in [5.41, 5.74) is 0.0133. The number of amides is 2. The number of carbonyl (C=O) groups excluding carboxylic acids is 2. The van der Waals surface area contributed by atoms with Crippen LogP contribution >= 0.6 is 11.3 Å². The topological polar surface area (TPSA) is 69.6 Å². The van der Waals surface area contributed by atoms with Crippen LogP contribution in [0.25, 0.3) is 0 Å². The van der Waals surface area contributed by atoms with E-state index in [0.29, 0.717) is 11.3 Å². The number of nitrogens with zero attached hydrogens (tertiary/aromatic N) is 1. The summed E-state index contributed by atoms with van der Waals surface area (Å²) in [6.07, 6.45) is 0.678. The van der Waals surface area contributed by atoms with Gasteiger partial charge in [0.2, 0.25) is 5.91 Å². The van der Waals surface area contributed by atoms with Crippen molar-refractivity contribution in [3.63, 3.8) is 0 Å². The lowest BCUT2D eigenvalue weighted by atomic mass is 9.88. The fourth-order valence-corrected chi connectivity index (χ4v) is 2.77. The molecular formula is C15H24N2O3S. The maximum atomic E-state index is 12.0. The van der Waals surface area contributed by atoms with Crippen LogP contribution in [0.5, 0.6) is 0 Å². The Balaban J connectivity index is 2.50. The first-order chi connectivity index (χ1) is 9.73. The average Bonchev–Trinajstić information content (AvgIpc) is 2.88. The Kier molecular flexibility index (Phi) is 6.36. The van der Waals surface area contributed by atoms with Crippen LogP contribution in [0.3, 0.4) is 0 Å². The standard InChI is InChI=1S/C15H24N2O3S/c1-15(2,3)8-11(10-18)16-13(19)9-17(4)14(20)12-6-5-7-21-12/h5-7,11,18H,8-10H2,1-4H3,(H,16,19). The number of carbonyl (C=O) groups is 2. The molecule has 0 saturated heterocycles. The molecule has 1 heterocycles. The van der Waals surface area contributed by atoms with Gasteiger partial charge in [-0.25, -0.2) is 0 Å². The smallest absolute Gasteiger partial charge is 0.264 e. The van der Waals surface area contributed by atoms with Crippen LogP contribution < -0.4 is 5.32 Å². The summed E-state index contributed by atoms with van der Waals surface area (Å²) < 4.78 is 0. The Morgan fingerprint density at radius 2 is 2.10 bits per heavy atom. The van der Waals surface area contributed by atoms with Crippen molar-refractivity contribution in [2.45, 2.75) is 33.2 Å². The Bertz CT molecular complexity index is 466. The molecule has 21 heavy (non-hydrogen) atoms. The van der Waals surface area contributed by atoms with E-state index in [0.717, 1.165) is 0 Å². The number of aliphatic hydroxyl groups is 1. The zero-order chi connectivity index (χ0) is 16.0. The first-order valence-corrected chi connectivity index (χ1v) is 7.80. The number of nitrogens with one attached hydrogen (secondary N) is 1. The number of aliphatic hydroxyl groups excluding tert-OH is 1. The third kappa shape index (κ3) is 6.27. The average molecular weight is 312 g/mol. The first-order valence-electron chi connectivity index (χ1n) is 6.92. The lowest BCUT2D eigenvalue weighted by Crippen LogP contribution is -2.45. The molecule has 0 bridgehead atoms. The van der Waals surface area contributed by atoms with E-state index in [-0.39, 0.29) is 36.4 Å². The second kappa shape index (κ2) is 7.56. The molecule has 0 aliphatic heterocycles. The van der Waals surface area contributed by atoms with Crippen molar-refractivity contribution in [2.24, 2.45) is 5.41 Å². The van der Waals surface area contributed by atoms with Gasteiger partial charge in [-0.1, -0.05) is 26.8 Å². The molecule has 0 aliphatic rings. The van der Waals surface area contributed by atoms with Crippen LogP contribution in [0.15, 0.2) is 17.5 Å². The lowest BCUT2D eigenvalue weighted by Gasteiger charge is -2.26. The van der Waals surface area contributed by atoms with Crippen molar-refractivity contribution in [1.82, 2.24) is 10.2 Å². The summed E-state index contributed by atoms with van der Waals surface area (Å²) in [5.74, 6) is -0.428. The number of hydrogen-bond acceptors (Lipinski definition) is 4. The lowest BCUT2D eigenvalue weighted by molar-refractivity contribution is -0.122. The molecule has 5 nitrogen and oxygen atoms in total. The van der Waals surface area contributed by atoms with Crippen molar-refractivity contribution < 1.29 is 14.7 Å². The minimum absolute atomic E-state index is 0.0133. The van der Waals surface area contributed by atoms with E-state index >= 15 is 0 Å². The molecule has 0 saturated carbocycles. The summed E-state index contributed by atoms with van der Waals surface area (Å²) in [6, 6.07) is 3.25. The highest BCUT2D eigenvalue weighted by molar-refractivity contribution is 7.12. The van der Waals surface area contributed by atoms with Gasteiger partial charge in [0.25, 0.3) is 5.91 Å². The number of likely N-dealkylation sites (N-methyl/N-ethyl adjacent to an activating group) is 1. The molecule has 2 N–H and O–H groups in total. The molecule has 1 atom stereocenters. The van der Waals surface area contributed by atoms with E-state index in [1.54, 1.807) is 19.2 Å². The van der Waals surface area contributed by atoms with Crippen LogP contribution in [0.4, 0.5) is 0 Å². The normalized spacial score (nSPS) is 12.8. The zero-order valence-electron chi connectivity index (χ0n) is 13.0. The first kappa shape index (κ1) is 17.7. The van der Waals surface area contributed by atoms with Crippen LogP contribution in [0, 0.1) is 5.41 Å². The van der Waals surface area contributed by atoms with Crippen LogP contribution in [-0.2, 0) is 4.79 Å². The van der Waals surface area contributed by atoms with Gasteiger partial charge in [0.05, 0.1) is 24.1 Å².